The molecule has 0 saturated carbocycles. The molecule has 1 aromatic rings. The van der Waals surface area contributed by atoms with E-state index in [9.17, 15) is 22.8 Å². The summed E-state index contributed by atoms with van der Waals surface area (Å²) in [6.45, 7) is 0.0975. The van der Waals surface area contributed by atoms with Crippen molar-refractivity contribution in [2.45, 2.75) is 19.1 Å². The number of likely N-dealkylation sites (N-methyl/N-ethyl adjacent to an activating group) is 1. The van der Waals surface area contributed by atoms with Gasteiger partial charge in [0.15, 0.2) is 0 Å². The topological polar surface area (TPSA) is 64.7 Å². The number of amides is 2. The van der Waals surface area contributed by atoms with E-state index in [0.717, 1.165) is 10.6 Å². The normalized spacial score (nSPS) is 12.7. The summed E-state index contributed by atoms with van der Waals surface area (Å²) in [7, 11) is 4.81. The van der Waals surface area contributed by atoms with E-state index in [4.69, 9.17) is 0 Å². The van der Waals surface area contributed by atoms with Gasteiger partial charge >= 0.3 is 6.18 Å². The van der Waals surface area contributed by atoms with Crippen LogP contribution in [-0.2, 0) is 4.79 Å². The minimum Gasteiger partial charge on any atom is -0.378 e. The summed E-state index contributed by atoms with van der Waals surface area (Å²) >= 11 is 0. The minimum atomic E-state index is -4.40. The Morgan fingerprint density at radius 2 is 1.79 bits per heavy atom. The Morgan fingerprint density at radius 3 is 2.33 bits per heavy atom. The van der Waals surface area contributed by atoms with E-state index in [2.05, 4.69) is 10.9 Å². The summed E-state index contributed by atoms with van der Waals surface area (Å²) in [5.41, 5.74) is 5.45. The maximum absolute atomic E-state index is 12.3. The van der Waals surface area contributed by atoms with Crippen LogP contribution in [0.5, 0.6) is 0 Å². The Hall–Kier alpha value is -2.29. The predicted octanol–water partition coefficient (Wildman–Crippen LogP) is 1.40. The molecule has 1 atom stereocenters. The molecule has 0 saturated heterocycles. The molecule has 6 nitrogen and oxygen atoms in total. The summed E-state index contributed by atoms with van der Waals surface area (Å²) < 4.78 is 37.0. The summed E-state index contributed by atoms with van der Waals surface area (Å²) in [6.07, 6.45) is -4.40. The van der Waals surface area contributed by atoms with Crippen LogP contribution in [0.2, 0.25) is 0 Å². The zero-order chi connectivity index (χ0) is 18.5. The molecule has 1 aromatic carbocycles. The molecule has 1 unspecified atom stereocenters. The van der Waals surface area contributed by atoms with Crippen molar-refractivity contribution in [2.75, 3.05) is 32.6 Å². The Kier molecular flexibility index (Phi) is 6.59. The van der Waals surface area contributed by atoms with Gasteiger partial charge in [-0.15, -0.1) is 0 Å². The highest BCUT2D eigenvalue weighted by Crippen LogP contribution is 2.17. The highest BCUT2D eigenvalue weighted by molar-refractivity contribution is 5.96. The van der Waals surface area contributed by atoms with Crippen LogP contribution in [-0.4, -0.2) is 56.6 Å². The van der Waals surface area contributed by atoms with E-state index >= 15 is 0 Å². The molecule has 1 rings (SSSR count). The van der Waals surface area contributed by atoms with E-state index in [0.29, 0.717) is 5.56 Å². The monoisotopic (exact) mass is 346 g/mol. The van der Waals surface area contributed by atoms with Crippen molar-refractivity contribution in [1.82, 2.24) is 15.8 Å². The minimum absolute atomic E-state index is 0.317. The first-order valence-corrected chi connectivity index (χ1v) is 7.16. The maximum atomic E-state index is 12.3. The number of nitrogens with one attached hydrogen (secondary N) is 2. The number of nitrogens with zero attached hydrogens (tertiary/aromatic N) is 2. The van der Waals surface area contributed by atoms with Gasteiger partial charge in [-0.1, -0.05) is 6.07 Å². The number of halogens is 3. The number of anilines is 1. The smallest absolute Gasteiger partial charge is 0.378 e. The van der Waals surface area contributed by atoms with Gasteiger partial charge in [-0.2, -0.15) is 13.2 Å². The molecule has 0 aromatic heterocycles. The molecule has 9 heteroatoms. The number of carbonyl (C=O) groups is 2. The van der Waals surface area contributed by atoms with Crippen molar-refractivity contribution in [1.29, 1.82) is 0 Å². The molecule has 0 aliphatic heterocycles. The lowest BCUT2D eigenvalue weighted by Crippen LogP contribution is -2.51. The SMILES string of the molecule is CC(C(=O)NNC(=O)c1cccc(N(C)C)c1)N(C)CC(F)(F)F. The van der Waals surface area contributed by atoms with Crippen LogP contribution in [0, 0.1) is 0 Å². The van der Waals surface area contributed by atoms with Gasteiger partial charge in [0, 0.05) is 25.3 Å². The van der Waals surface area contributed by atoms with Crippen LogP contribution in [0.4, 0.5) is 18.9 Å². The molecule has 0 aliphatic rings. The van der Waals surface area contributed by atoms with Gasteiger partial charge in [0.1, 0.15) is 0 Å². The molecule has 134 valence electrons. The second-order valence-corrected chi connectivity index (χ2v) is 5.59. The largest absolute Gasteiger partial charge is 0.401 e. The van der Waals surface area contributed by atoms with Crippen LogP contribution >= 0.6 is 0 Å². The Labute approximate surface area is 138 Å². The van der Waals surface area contributed by atoms with Gasteiger partial charge in [0.05, 0.1) is 12.6 Å². The lowest BCUT2D eigenvalue weighted by Gasteiger charge is -2.24. The lowest BCUT2D eigenvalue weighted by atomic mass is 10.2. The molecule has 0 heterocycles. The van der Waals surface area contributed by atoms with Crippen molar-refractivity contribution >= 4 is 17.5 Å². The molecule has 2 N–H and O–H groups in total. The van der Waals surface area contributed by atoms with Crippen molar-refractivity contribution < 1.29 is 22.8 Å². The molecule has 2 amide bonds. The maximum Gasteiger partial charge on any atom is 0.401 e. The van der Waals surface area contributed by atoms with Crippen molar-refractivity contribution in [3.8, 4) is 0 Å². The fraction of sp³-hybridized carbons (Fsp3) is 0.467. The quantitative estimate of drug-likeness (QED) is 0.791. The van der Waals surface area contributed by atoms with Crippen molar-refractivity contribution in [3.63, 3.8) is 0 Å². The number of hydrogen-bond acceptors (Lipinski definition) is 4. The van der Waals surface area contributed by atoms with Gasteiger partial charge in [-0.3, -0.25) is 25.3 Å². The highest BCUT2D eigenvalue weighted by atomic mass is 19.4. The van der Waals surface area contributed by atoms with Crippen LogP contribution in [0.25, 0.3) is 0 Å². The fourth-order valence-electron chi connectivity index (χ4n) is 1.84. The lowest BCUT2D eigenvalue weighted by molar-refractivity contribution is -0.151. The number of alkyl halides is 3. The third-order valence-electron chi connectivity index (χ3n) is 3.39. The van der Waals surface area contributed by atoms with Crippen molar-refractivity contribution in [3.05, 3.63) is 29.8 Å². The van der Waals surface area contributed by atoms with E-state index < -0.39 is 30.6 Å². The van der Waals surface area contributed by atoms with Gasteiger partial charge < -0.3 is 4.90 Å². The summed E-state index contributed by atoms with van der Waals surface area (Å²) in [5, 5.41) is 0. The van der Waals surface area contributed by atoms with Gasteiger partial charge in [-0.25, -0.2) is 0 Å². The van der Waals surface area contributed by atoms with Crippen LogP contribution in [0.1, 0.15) is 17.3 Å². The first-order valence-electron chi connectivity index (χ1n) is 7.16. The summed E-state index contributed by atoms with van der Waals surface area (Å²) in [5.74, 6) is -1.29. The molecule has 0 radical (unpaired) electrons. The Balaban J connectivity index is 2.60. The summed E-state index contributed by atoms with van der Waals surface area (Å²) in [6, 6.07) is 5.63. The molecule has 0 aliphatic carbocycles. The average Bonchev–Trinajstić information content (AvgIpc) is 2.49. The van der Waals surface area contributed by atoms with E-state index in [1.807, 2.05) is 25.1 Å². The Bertz CT molecular complexity index is 590. The molecule has 0 fully saturated rings. The summed E-state index contributed by atoms with van der Waals surface area (Å²) in [4.78, 5) is 26.5. The van der Waals surface area contributed by atoms with Gasteiger partial charge in [0.25, 0.3) is 11.8 Å². The molecule has 0 bridgehead atoms. The number of carbonyl (C=O) groups excluding carboxylic acids is 2. The number of hydrogen-bond donors (Lipinski definition) is 2. The fourth-order valence-corrected chi connectivity index (χ4v) is 1.84. The molecule has 0 spiro atoms. The third-order valence-corrected chi connectivity index (χ3v) is 3.39. The third kappa shape index (κ3) is 6.07. The van der Waals surface area contributed by atoms with Gasteiger partial charge in [-0.05, 0) is 32.2 Å². The van der Waals surface area contributed by atoms with Crippen LogP contribution in [0.3, 0.4) is 0 Å². The first-order chi connectivity index (χ1) is 11.0. The van der Waals surface area contributed by atoms with Crippen molar-refractivity contribution in [2.24, 2.45) is 0 Å². The van der Waals surface area contributed by atoms with Gasteiger partial charge in [0.2, 0.25) is 0 Å². The molecular formula is C15H21F3N4O2. The first kappa shape index (κ1) is 19.8. The Morgan fingerprint density at radius 1 is 1.17 bits per heavy atom. The number of rotatable bonds is 5. The van der Waals surface area contributed by atoms with Crippen LogP contribution < -0.4 is 15.8 Å². The predicted molar refractivity (Wildman–Crippen MR) is 84.5 cm³/mol. The van der Waals surface area contributed by atoms with E-state index in [1.54, 1.807) is 18.2 Å². The number of benzene rings is 1. The standard InChI is InChI=1S/C15H21F3N4O2/c1-10(22(4)9-15(16,17)18)13(23)19-20-14(24)11-6-5-7-12(8-11)21(2)3/h5-8,10H,9H2,1-4H3,(H,19,23)(H,20,24). The molecular weight excluding hydrogens is 325 g/mol. The zero-order valence-electron chi connectivity index (χ0n) is 13.9. The number of hydrazine groups is 1. The zero-order valence-corrected chi connectivity index (χ0v) is 13.9. The second-order valence-electron chi connectivity index (χ2n) is 5.59. The second kappa shape index (κ2) is 8.00. The van der Waals surface area contributed by atoms with E-state index in [-0.39, 0.29) is 0 Å². The highest BCUT2D eigenvalue weighted by Gasteiger charge is 2.32. The van der Waals surface area contributed by atoms with E-state index in [1.165, 1.54) is 14.0 Å². The van der Waals surface area contributed by atoms with Crippen LogP contribution in [0.15, 0.2) is 24.3 Å². The molecule has 24 heavy (non-hydrogen) atoms. The average molecular weight is 346 g/mol.